The molecule has 0 saturated carbocycles. The van der Waals surface area contributed by atoms with Crippen molar-refractivity contribution in [3.63, 3.8) is 0 Å². The average Bonchev–Trinajstić information content (AvgIpc) is 2.48. The lowest BCUT2D eigenvalue weighted by molar-refractivity contribution is -0.00663. The summed E-state index contributed by atoms with van der Waals surface area (Å²) >= 11 is 0. The molecule has 0 aromatic carbocycles. The summed E-state index contributed by atoms with van der Waals surface area (Å²) in [5.41, 5.74) is -0.286. The van der Waals surface area contributed by atoms with Crippen molar-refractivity contribution in [2.45, 2.75) is 25.4 Å². The molecule has 14 heavy (non-hydrogen) atoms. The van der Waals surface area contributed by atoms with Gasteiger partial charge in [0.05, 0.1) is 6.54 Å². The van der Waals surface area contributed by atoms with Crippen molar-refractivity contribution in [3.05, 3.63) is 0 Å². The molecule has 2 saturated heterocycles. The molecule has 0 spiro atoms. The fourth-order valence-electron chi connectivity index (χ4n) is 2.42. The Morgan fingerprint density at radius 3 is 3.00 bits per heavy atom. The van der Waals surface area contributed by atoms with Crippen LogP contribution in [0.5, 0.6) is 0 Å². The molecule has 1 N–H and O–H groups in total. The molecule has 2 aliphatic rings. The lowest BCUT2D eigenvalue weighted by Gasteiger charge is -2.38. The second-order valence-electron chi connectivity index (χ2n) is 4.66. The number of nitrogens with one attached hydrogen (secondary N) is 1. The molecule has 2 aliphatic heterocycles. The van der Waals surface area contributed by atoms with E-state index in [0.717, 1.165) is 19.5 Å². The van der Waals surface area contributed by atoms with E-state index < -0.39 is 0 Å². The van der Waals surface area contributed by atoms with Crippen molar-refractivity contribution in [1.82, 2.24) is 10.2 Å². The molecule has 0 aromatic rings. The van der Waals surface area contributed by atoms with E-state index in [9.17, 15) is 4.79 Å². The third-order valence-electron chi connectivity index (χ3n) is 3.40. The molecule has 2 heterocycles. The first-order valence-electron chi connectivity index (χ1n) is 5.25. The van der Waals surface area contributed by atoms with Gasteiger partial charge < -0.3 is 15.0 Å². The first-order valence-corrected chi connectivity index (χ1v) is 5.25. The van der Waals surface area contributed by atoms with E-state index in [4.69, 9.17) is 4.74 Å². The minimum Gasteiger partial charge on any atom is -0.441 e. The van der Waals surface area contributed by atoms with Gasteiger partial charge in [-0.1, -0.05) is 0 Å². The molecule has 80 valence electrons. The maximum atomic E-state index is 11.0. The predicted octanol–water partition coefficient (Wildman–Crippen LogP) is 0.827. The first-order chi connectivity index (χ1) is 6.60. The van der Waals surface area contributed by atoms with Gasteiger partial charge in [0.1, 0.15) is 5.60 Å². The summed E-state index contributed by atoms with van der Waals surface area (Å²) in [5, 5.41) is 2.74. The number of cyclic esters (lactones) is 1. The summed E-state index contributed by atoms with van der Waals surface area (Å²) in [5.74, 6) is 0.472. The van der Waals surface area contributed by atoms with Gasteiger partial charge in [-0.15, -0.1) is 0 Å². The lowest BCUT2D eigenvalue weighted by Crippen LogP contribution is -2.47. The maximum Gasteiger partial charge on any atom is 0.407 e. The van der Waals surface area contributed by atoms with Gasteiger partial charge in [-0.25, -0.2) is 4.79 Å². The van der Waals surface area contributed by atoms with Crippen LogP contribution in [0.15, 0.2) is 0 Å². The molecule has 0 aromatic heterocycles. The number of piperidine rings is 1. The van der Waals surface area contributed by atoms with E-state index in [1.165, 1.54) is 6.42 Å². The number of carbonyl (C=O) groups is 1. The summed E-state index contributed by atoms with van der Waals surface area (Å²) in [4.78, 5) is 13.3. The van der Waals surface area contributed by atoms with Crippen LogP contribution in [0.1, 0.15) is 19.8 Å². The van der Waals surface area contributed by atoms with E-state index in [0.29, 0.717) is 12.5 Å². The third-order valence-corrected chi connectivity index (χ3v) is 3.40. The largest absolute Gasteiger partial charge is 0.441 e. The minimum absolute atomic E-state index is 0.263. The number of hydrogen-bond donors (Lipinski definition) is 1. The highest BCUT2D eigenvalue weighted by Crippen LogP contribution is 2.31. The summed E-state index contributed by atoms with van der Waals surface area (Å²) in [6, 6.07) is 0. The summed E-state index contributed by atoms with van der Waals surface area (Å²) < 4.78 is 5.36. The van der Waals surface area contributed by atoms with E-state index in [1.807, 2.05) is 6.92 Å². The quantitative estimate of drug-likeness (QED) is 0.678. The topological polar surface area (TPSA) is 41.6 Å². The van der Waals surface area contributed by atoms with E-state index >= 15 is 0 Å². The highest BCUT2D eigenvalue weighted by atomic mass is 16.6. The minimum atomic E-state index is -0.286. The molecular weight excluding hydrogens is 180 g/mol. The number of alkyl carbamates (subject to hydrolysis) is 1. The fourth-order valence-corrected chi connectivity index (χ4v) is 2.42. The second-order valence-corrected chi connectivity index (χ2v) is 4.66. The molecule has 1 amide bonds. The molecule has 2 rings (SSSR count). The zero-order valence-corrected chi connectivity index (χ0v) is 8.88. The zero-order valence-electron chi connectivity index (χ0n) is 8.88. The highest BCUT2D eigenvalue weighted by molar-refractivity contribution is 5.70. The SMILES string of the molecule is CN1CCCC(C2(C)CNC(=O)O2)C1. The molecular formula is C10H18N2O2. The van der Waals surface area contributed by atoms with Crippen LogP contribution in [0, 0.1) is 5.92 Å². The second kappa shape index (κ2) is 3.42. The number of likely N-dealkylation sites (tertiary alicyclic amines) is 1. The van der Waals surface area contributed by atoms with Gasteiger partial charge >= 0.3 is 6.09 Å². The number of amides is 1. The van der Waals surface area contributed by atoms with Crippen LogP contribution in [-0.4, -0.2) is 43.3 Å². The van der Waals surface area contributed by atoms with Crippen molar-refractivity contribution >= 4 is 6.09 Å². The molecule has 2 fully saturated rings. The van der Waals surface area contributed by atoms with Crippen LogP contribution < -0.4 is 5.32 Å². The van der Waals surface area contributed by atoms with Gasteiger partial charge in [0, 0.05) is 12.5 Å². The summed E-state index contributed by atoms with van der Waals surface area (Å²) in [6.45, 7) is 4.89. The van der Waals surface area contributed by atoms with Gasteiger partial charge in [0.15, 0.2) is 0 Å². The van der Waals surface area contributed by atoms with E-state index in [-0.39, 0.29) is 11.7 Å². The van der Waals surface area contributed by atoms with Crippen LogP contribution in [0.3, 0.4) is 0 Å². The Balaban J connectivity index is 2.02. The molecule has 2 unspecified atom stereocenters. The van der Waals surface area contributed by atoms with Crippen molar-refractivity contribution in [3.8, 4) is 0 Å². The van der Waals surface area contributed by atoms with Gasteiger partial charge in [-0.2, -0.15) is 0 Å². The molecule has 4 nitrogen and oxygen atoms in total. The maximum absolute atomic E-state index is 11.0. The first kappa shape index (κ1) is 9.77. The Bertz CT molecular complexity index is 244. The van der Waals surface area contributed by atoms with Crippen molar-refractivity contribution in [1.29, 1.82) is 0 Å². The fraction of sp³-hybridized carbons (Fsp3) is 0.900. The smallest absolute Gasteiger partial charge is 0.407 e. The van der Waals surface area contributed by atoms with Crippen LogP contribution in [0.4, 0.5) is 4.79 Å². The van der Waals surface area contributed by atoms with Gasteiger partial charge in [-0.3, -0.25) is 0 Å². The van der Waals surface area contributed by atoms with Crippen LogP contribution in [-0.2, 0) is 4.74 Å². The monoisotopic (exact) mass is 198 g/mol. The summed E-state index contributed by atoms with van der Waals surface area (Å²) in [6.07, 6.45) is 2.10. The molecule has 4 heteroatoms. The number of ether oxygens (including phenoxy) is 1. The summed E-state index contributed by atoms with van der Waals surface area (Å²) in [7, 11) is 2.12. The van der Waals surface area contributed by atoms with Crippen LogP contribution in [0.25, 0.3) is 0 Å². The predicted molar refractivity (Wildman–Crippen MR) is 53.1 cm³/mol. The molecule has 0 radical (unpaired) electrons. The number of nitrogens with zero attached hydrogens (tertiary/aromatic N) is 1. The number of hydrogen-bond acceptors (Lipinski definition) is 3. The lowest BCUT2D eigenvalue weighted by atomic mass is 9.83. The Labute approximate surface area is 84.6 Å². The van der Waals surface area contributed by atoms with E-state index in [2.05, 4.69) is 17.3 Å². The third kappa shape index (κ3) is 1.71. The van der Waals surface area contributed by atoms with Gasteiger partial charge in [-0.05, 0) is 33.4 Å². The zero-order chi connectivity index (χ0) is 10.2. The van der Waals surface area contributed by atoms with Crippen molar-refractivity contribution in [2.24, 2.45) is 5.92 Å². The standard InChI is InChI=1S/C10H18N2O2/c1-10(7-11-9(13)14-10)8-4-3-5-12(2)6-8/h8H,3-7H2,1-2H3,(H,11,13). The molecule has 0 bridgehead atoms. The Morgan fingerprint density at radius 2 is 2.43 bits per heavy atom. The van der Waals surface area contributed by atoms with Crippen LogP contribution in [0.2, 0.25) is 0 Å². The number of carbonyl (C=O) groups excluding carboxylic acids is 1. The van der Waals surface area contributed by atoms with Crippen LogP contribution >= 0.6 is 0 Å². The normalized spacial score (nSPS) is 39.3. The Kier molecular flexibility index (Phi) is 2.39. The highest BCUT2D eigenvalue weighted by Gasteiger charge is 2.43. The van der Waals surface area contributed by atoms with Crippen molar-refractivity contribution < 1.29 is 9.53 Å². The number of rotatable bonds is 1. The molecule has 0 aliphatic carbocycles. The van der Waals surface area contributed by atoms with E-state index in [1.54, 1.807) is 0 Å². The van der Waals surface area contributed by atoms with Crippen molar-refractivity contribution in [2.75, 3.05) is 26.7 Å². The van der Waals surface area contributed by atoms with Gasteiger partial charge in [0.2, 0.25) is 0 Å². The average molecular weight is 198 g/mol. The Hall–Kier alpha value is -0.770. The Morgan fingerprint density at radius 1 is 1.64 bits per heavy atom. The van der Waals surface area contributed by atoms with Gasteiger partial charge in [0.25, 0.3) is 0 Å². The molecule has 2 atom stereocenters.